The van der Waals surface area contributed by atoms with Crippen molar-refractivity contribution in [1.82, 2.24) is 4.57 Å². The van der Waals surface area contributed by atoms with Gasteiger partial charge in [0.1, 0.15) is 11.6 Å². The second-order valence-corrected chi connectivity index (χ2v) is 8.65. The summed E-state index contributed by atoms with van der Waals surface area (Å²) in [6.45, 7) is 11.3. The number of morpholine rings is 1. The number of amides is 1. The molecule has 0 spiro atoms. The Balaban J connectivity index is 1.59. The van der Waals surface area contributed by atoms with E-state index in [1.54, 1.807) is 6.08 Å². The number of nitrogens with one attached hydrogen (secondary N) is 1. The molecule has 1 aliphatic heterocycles. The number of aromatic nitrogens is 1. The lowest BCUT2D eigenvalue weighted by Crippen LogP contribution is -2.36. The number of aryl methyl sites for hydroxylation is 2. The third-order valence-corrected chi connectivity index (χ3v) is 6.47. The van der Waals surface area contributed by atoms with Crippen molar-refractivity contribution >= 4 is 23.4 Å². The number of ether oxygens (including phenoxy) is 1. The first-order chi connectivity index (χ1) is 16.4. The van der Waals surface area contributed by atoms with Gasteiger partial charge in [-0.3, -0.25) is 4.79 Å². The Morgan fingerprint density at radius 3 is 2.38 bits per heavy atom. The predicted molar refractivity (Wildman–Crippen MR) is 136 cm³/mol. The molecule has 0 unspecified atom stereocenters. The Kier molecular flexibility index (Phi) is 6.85. The third kappa shape index (κ3) is 4.75. The van der Waals surface area contributed by atoms with E-state index in [1.807, 2.05) is 52.0 Å². The van der Waals surface area contributed by atoms with Crippen LogP contribution in [0.2, 0.25) is 0 Å². The van der Waals surface area contributed by atoms with Crippen LogP contribution < -0.4 is 10.2 Å². The smallest absolute Gasteiger partial charge is 0.266 e. The molecule has 2 heterocycles. The molecule has 2 aromatic carbocycles. The van der Waals surface area contributed by atoms with Gasteiger partial charge in [-0.2, -0.15) is 5.26 Å². The zero-order valence-electron chi connectivity index (χ0n) is 20.2. The maximum atomic E-state index is 12.9. The van der Waals surface area contributed by atoms with Crippen molar-refractivity contribution in [1.29, 1.82) is 5.26 Å². The lowest BCUT2D eigenvalue weighted by atomic mass is 10.1. The fourth-order valence-electron chi connectivity index (χ4n) is 4.35. The van der Waals surface area contributed by atoms with Gasteiger partial charge in [0.2, 0.25) is 0 Å². The molecular formula is C28H30N4O2. The number of carbonyl (C=O) groups is 1. The van der Waals surface area contributed by atoms with Crippen molar-refractivity contribution < 1.29 is 9.53 Å². The lowest BCUT2D eigenvalue weighted by molar-refractivity contribution is -0.112. The van der Waals surface area contributed by atoms with Gasteiger partial charge in [0.15, 0.2) is 0 Å². The van der Waals surface area contributed by atoms with Gasteiger partial charge >= 0.3 is 0 Å². The SMILES string of the molecule is Cc1cccc(NC(=O)/C(C#N)=C\c2cc(C)n(-c3ccc(N4CCOCC4)cc3)c2C)c1C. The molecule has 6 nitrogen and oxygen atoms in total. The average Bonchev–Trinajstić information content (AvgIpc) is 3.13. The quantitative estimate of drug-likeness (QED) is 0.430. The van der Waals surface area contributed by atoms with Gasteiger partial charge < -0.3 is 19.5 Å². The van der Waals surface area contributed by atoms with E-state index < -0.39 is 5.91 Å². The van der Waals surface area contributed by atoms with Crippen LogP contribution in [-0.4, -0.2) is 36.8 Å². The van der Waals surface area contributed by atoms with Crippen molar-refractivity contribution in [3.8, 4) is 11.8 Å². The van der Waals surface area contributed by atoms with E-state index in [4.69, 9.17) is 4.74 Å². The number of hydrogen-bond acceptors (Lipinski definition) is 4. The predicted octanol–water partition coefficient (Wildman–Crippen LogP) is 5.09. The zero-order chi connectivity index (χ0) is 24.2. The summed E-state index contributed by atoms with van der Waals surface area (Å²) in [5, 5.41) is 12.6. The molecule has 1 amide bonds. The summed E-state index contributed by atoms with van der Waals surface area (Å²) < 4.78 is 7.59. The maximum Gasteiger partial charge on any atom is 0.266 e. The van der Waals surface area contributed by atoms with E-state index >= 15 is 0 Å². The van der Waals surface area contributed by atoms with E-state index in [1.165, 1.54) is 5.69 Å². The number of nitriles is 1. The molecule has 4 rings (SSSR count). The van der Waals surface area contributed by atoms with E-state index in [0.29, 0.717) is 0 Å². The second kappa shape index (κ2) is 9.98. The van der Waals surface area contributed by atoms with Crippen LogP contribution in [0.25, 0.3) is 11.8 Å². The molecule has 1 fully saturated rings. The standard InChI is InChI=1S/C28H30N4O2/c1-19-6-5-7-27(21(19)3)30-28(33)24(18-29)17-23-16-20(2)32(22(23)4)26-10-8-25(9-11-26)31-12-14-34-15-13-31/h5-11,16-17H,12-15H2,1-4H3,(H,30,33)/b24-17-. The van der Waals surface area contributed by atoms with E-state index in [2.05, 4.69) is 45.1 Å². The summed E-state index contributed by atoms with van der Waals surface area (Å²) in [5.74, 6) is -0.407. The average molecular weight is 455 g/mol. The summed E-state index contributed by atoms with van der Waals surface area (Å²) in [7, 11) is 0. The van der Waals surface area contributed by atoms with Crippen LogP contribution in [0, 0.1) is 39.0 Å². The van der Waals surface area contributed by atoms with Crippen LogP contribution in [0.3, 0.4) is 0 Å². The molecule has 0 bridgehead atoms. The fraction of sp³-hybridized carbons (Fsp3) is 0.286. The molecule has 1 saturated heterocycles. The zero-order valence-corrected chi connectivity index (χ0v) is 20.2. The molecule has 174 valence electrons. The Hall–Kier alpha value is -3.82. The molecule has 3 aromatic rings. The first-order valence-electron chi connectivity index (χ1n) is 11.5. The van der Waals surface area contributed by atoms with Gasteiger partial charge in [0.25, 0.3) is 5.91 Å². The van der Waals surface area contributed by atoms with Crippen LogP contribution in [0.1, 0.15) is 28.1 Å². The Labute approximate surface area is 201 Å². The molecule has 1 aliphatic rings. The maximum absolute atomic E-state index is 12.9. The number of anilines is 2. The summed E-state index contributed by atoms with van der Waals surface area (Å²) in [6.07, 6.45) is 1.67. The molecule has 1 aromatic heterocycles. The summed E-state index contributed by atoms with van der Waals surface area (Å²) in [5.41, 5.74) is 7.96. The molecule has 0 atom stereocenters. The van der Waals surface area contributed by atoms with Gasteiger partial charge in [0.05, 0.1) is 13.2 Å². The van der Waals surface area contributed by atoms with Crippen LogP contribution >= 0.6 is 0 Å². The number of rotatable bonds is 5. The van der Waals surface area contributed by atoms with Gasteiger partial charge in [0, 0.05) is 41.5 Å². The molecular weight excluding hydrogens is 424 g/mol. The Morgan fingerprint density at radius 1 is 1.03 bits per heavy atom. The highest BCUT2D eigenvalue weighted by Crippen LogP contribution is 2.26. The van der Waals surface area contributed by atoms with Gasteiger partial charge in [-0.1, -0.05) is 12.1 Å². The van der Waals surface area contributed by atoms with E-state index in [9.17, 15) is 10.1 Å². The first kappa shape index (κ1) is 23.3. The van der Waals surface area contributed by atoms with Gasteiger partial charge in [-0.25, -0.2) is 0 Å². The monoisotopic (exact) mass is 454 g/mol. The second-order valence-electron chi connectivity index (χ2n) is 8.65. The Morgan fingerprint density at radius 2 is 1.71 bits per heavy atom. The van der Waals surface area contributed by atoms with Gasteiger partial charge in [-0.05, 0) is 86.9 Å². The van der Waals surface area contributed by atoms with Crippen LogP contribution in [0.4, 0.5) is 11.4 Å². The number of nitrogens with zero attached hydrogens (tertiary/aromatic N) is 3. The summed E-state index contributed by atoms with van der Waals surface area (Å²) in [4.78, 5) is 15.2. The summed E-state index contributed by atoms with van der Waals surface area (Å²) in [6, 6.07) is 18.3. The van der Waals surface area contributed by atoms with Crippen molar-refractivity contribution in [3.63, 3.8) is 0 Å². The van der Waals surface area contributed by atoms with Crippen molar-refractivity contribution in [2.75, 3.05) is 36.5 Å². The highest BCUT2D eigenvalue weighted by Gasteiger charge is 2.16. The minimum Gasteiger partial charge on any atom is -0.378 e. The van der Waals surface area contributed by atoms with Gasteiger partial charge in [-0.15, -0.1) is 0 Å². The number of hydrogen-bond donors (Lipinski definition) is 1. The third-order valence-electron chi connectivity index (χ3n) is 6.47. The summed E-state index contributed by atoms with van der Waals surface area (Å²) >= 11 is 0. The van der Waals surface area contributed by atoms with Crippen molar-refractivity contribution in [2.24, 2.45) is 0 Å². The molecule has 1 N–H and O–H groups in total. The van der Waals surface area contributed by atoms with Crippen LogP contribution in [0.15, 0.2) is 54.1 Å². The minimum absolute atomic E-state index is 0.0730. The number of carbonyl (C=O) groups excluding carboxylic acids is 1. The molecule has 6 heteroatoms. The molecule has 0 aliphatic carbocycles. The fourth-order valence-corrected chi connectivity index (χ4v) is 4.35. The van der Waals surface area contributed by atoms with Crippen molar-refractivity contribution in [2.45, 2.75) is 27.7 Å². The lowest BCUT2D eigenvalue weighted by Gasteiger charge is -2.29. The number of benzene rings is 2. The topological polar surface area (TPSA) is 70.3 Å². The Bertz CT molecular complexity index is 1270. The van der Waals surface area contributed by atoms with Crippen molar-refractivity contribution in [3.05, 3.63) is 82.2 Å². The van der Waals surface area contributed by atoms with E-state index in [0.717, 1.165) is 65.8 Å². The largest absolute Gasteiger partial charge is 0.378 e. The highest BCUT2D eigenvalue weighted by atomic mass is 16.5. The van der Waals surface area contributed by atoms with Crippen LogP contribution in [0.5, 0.6) is 0 Å². The van der Waals surface area contributed by atoms with Crippen LogP contribution in [-0.2, 0) is 9.53 Å². The van der Waals surface area contributed by atoms with E-state index in [-0.39, 0.29) is 5.57 Å². The molecule has 0 saturated carbocycles. The molecule has 0 radical (unpaired) electrons. The highest BCUT2D eigenvalue weighted by molar-refractivity contribution is 6.10. The minimum atomic E-state index is -0.407. The first-order valence-corrected chi connectivity index (χ1v) is 11.5. The normalized spacial score (nSPS) is 14.1. The molecule has 34 heavy (non-hydrogen) atoms.